The summed E-state index contributed by atoms with van der Waals surface area (Å²) in [4.78, 5) is 31.5. The van der Waals surface area contributed by atoms with E-state index >= 15 is 0 Å². The summed E-state index contributed by atoms with van der Waals surface area (Å²) in [6, 6.07) is 21.6. The van der Waals surface area contributed by atoms with Gasteiger partial charge in [-0.2, -0.15) is 0 Å². The first-order valence-corrected chi connectivity index (χ1v) is 15.6. The summed E-state index contributed by atoms with van der Waals surface area (Å²) in [6.07, 6.45) is 8.23. The zero-order valence-corrected chi connectivity index (χ0v) is 25.2. The van der Waals surface area contributed by atoms with Crippen LogP contribution >= 0.6 is 0 Å². The van der Waals surface area contributed by atoms with E-state index in [1.807, 2.05) is 41.3 Å². The highest BCUT2D eigenvalue weighted by atomic mass is 16.7. The molecule has 8 nitrogen and oxygen atoms in total. The number of fused-ring (bicyclic) bond motifs is 1. The van der Waals surface area contributed by atoms with Crippen molar-refractivity contribution in [2.45, 2.75) is 84.2 Å². The Morgan fingerprint density at radius 1 is 1.00 bits per heavy atom. The van der Waals surface area contributed by atoms with E-state index in [-0.39, 0.29) is 12.1 Å². The van der Waals surface area contributed by atoms with Gasteiger partial charge in [0.1, 0.15) is 11.6 Å². The molecule has 3 aromatic carbocycles. The molecule has 0 bridgehead atoms. The summed E-state index contributed by atoms with van der Waals surface area (Å²) in [5.41, 5.74) is 5.53. The normalized spacial score (nSPS) is 13.6. The van der Waals surface area contributed by atoms with Crippen LogP contribution in [0.3, 0.4) is 0 Å². The van der Waals surface area contributed by atoms with E-state index in [2.05, 4.69) is 41.9 Å². The second kappa shape index (κ2) is 14.2. The summed E-state index contributed by atoms with van der Waals surface area (Å²) in [6.45, 7) is 5.57. The second-order valence-corrected chi connectivity index (χ2v) is 11.4. The van der Waals surface area contributed by atoms with Gasteiger partial charge >= 0.3 is 12.2 Å². The minimum absolute atomic E-state index is 0.0203. The van der Waals surface area contributed by atoms with Crippen molar-refractivity contribution >= 4 is 28.9 Å². The van der Waals surface area contributed by atoms with Gasteiger partial charge in [-0.05, 0) is 61.1 Å². The predicted octanol–water partition coefficient (Wildman–Crippen LogP) is 8.41. The van der Waals surface area contributed by atoms with Crippen molar-refractivity contribution in [3.05, 3.63) is 78.1 Å². The molecule has 2 amide bonds. The number of carboxylic acid groups (broad SMARTS) is 1. The number of aromatic nitrogens is 2. The smallest absolute Gasteiger partial charge is 0.449 e. The van der Waals surface area contributed by atoms with Gasteiger partial charge in [0.2, 0.25) is 0 Å². The van der Waals surface area contributed by atoms with E-state index in [0.29, 0.717) is 18.8 Å². The Morgan fingerprint density at radius 2 is 1.77 bits per heavy atom. The molecule has 0 unspecified atom stereocenters. The van der Waals surface area contributed by atoms with Crippen LogP contribution in [-0.2, 0) is 13.0 Å². The largest absolute Gasteiger partial charge is 0.511 e. The topological polar surface area (TPSA) is 96.7 Å². The van der Waals surface area contributed by atoms with E-state index in [4.69, 9.17) is 14.8 Å². The number of nitrogens with zero attached hydrogens (tertiary/aromatic N) is 3. The van der Waals surface area contributed by atoms with Crippen molar-refractivity contribution in [2.24, 2.45) is 0 Å². The lowest BCUT2D eigenvalue weighted by molar-refractivity contribution is 0.144. The number of rotatable bonds is 11. The first kappa shape index (κ1) is 30.1. The molecule has 0 aliphatic heterocycles. The first-order chi connectivity index (χ1) is 21.0. The molecule has 43 heavy (non-hydrogen) atoms. The molecular formula is C35H42N4O4. The molecule has 4 aromatic rings. The van der Waals surface area contributed by atoms with E-state index in [0.717, 1.165) is 77.8 Å². The fourth-order valence-electron chi connectivity index (χ4n) is 5.96. The third kappa shape index (κ3) is 7.37. The Balaban J connectivity index is 1.44. The molecule has 8 heteroatoms. The van der Waals surface area contributed by atoms with Gasteiger partial charge in [-0.1, -0.05) is 82.0 Å². The number of imidazole rings is 1. The third-order valence-corrected chi connectivity index (χ3v) is 8.19. The SMILES string of the molecule is CCCCc1nc2ccc(N(CCC)C(=O)NC3CCCCC3)cc2n1Cc1ccc(-c2ccccc2OC(=O)O)cc1. The van der Waals surface area contributed by atoms with Crippen molar-refractivity contribution < 1.29 is 19.4 Å². The van der Waals surface area contributed by atoms with Gasteiger partial charge in [-0.3, -0.25) is 4.90 Å². The van der Waals surface area contributed by atoms with Crippen LogP contribution < -0.4 is 15.0 Å². The van der Waals surface area contributed by atoms with Crippen molar-refractivity contribution in [1.29, 1.82) is 0 Å². The van der Waals surface area contributed by atoms with Gasteiger partial charge < -0.3 is 19.7 Å². The van der Waals surface area contributed by atoms with Crippen LogP contribution in [-0.4, -0.2) is 39.4 Å². The van der Waals surface area contributed by atoms with Gasteiger partial charge in [0.15, 0.2) is 0 Å². The molecule has 0 atom stereocenters. The van der Waals surface area contributed by atoms with Gasteiger partial charge in [0, 0.05) is 36.8 Å². The number of carbonyl (C=O) groups is 2. The number of amides is 2. The molecule has 0 spiro atoms. The van der Waals surface area contributed by atoms with Crippen molar-refractivity contribution in [3.63, 3.8) is 0 Å². The molecule has 1 aliphatic rings. The van der Waals surface area contributed by atoms with E-state index in [9.17, 15) is 9.59 Å². The molecule has 1 heterocycles. The number of nitrogens with one attached hydrogen (secondary N) is 1. The minimum Gasteiger partial charge on any atom is -0.449 e. The van der Waals surface area contributed by atoms with Gasteiger partial charge in [0.05, 0.1) is 11.0 Å². The summed E-state index contributed by atoms with van der Waals surface area (Å²) in [5, 5.41) is 12.4. The molecule has 5 rings (SSSR count). The average Bonchev–Trinajstić information content (AvgIpc) is 3.35. The number of hydrogen-bond acceptors (Lipinski definition) is 4. The van der Waals surface area contributed by atoms with Crippen molar-refractivity contribution in [2.75, 3.05) is 11.4 Å². The van der Waals surface area contributed by atoms with Crippen LogP contribution in [0.5, 0.6) is 5.75 Å². The van der Waals surface area contributed by atoms with E-state index in [1.54, 1.807) is 12.1 Å². The zero-order chi connectivity index (χ0) is 30.2. The molecule has 0 saturated heterocycles. The van der Waals surface area contributed by atoms with Crippen LogP contribution in [0.1, 0.15) is 76.6 Å². The fraction of sp³-hybridized carbons (Fsp3) is 0.400. The Kier molecular flexibility index (Phi) is 9.97. The Morgan fingerprint density at radius 3 is 2.49 bits per heavy atom. The molecule has 1 saturated carbocycles. The Labute approximate surface area is 253 Å². The number of urea groups is 1. The predicted molar refractivity (Wildman–Crippen MR) is 171 cm³/mol. The van der Waals surface area contributed by atoms with E-state index in [1.165, 1.54) is 19.3 Å². The zero-order valence-electron chi connectivity index (χ0n) is 25.2. The third-order valence-electron chi connectivity index (χ3n) is 8.19. The van der Waals surface area contributed by atoms with Crippen molar-refractivity contribution in [1.82, 2.24) is 14.9 Å². The number of aryl methyl sites for hydroxylation is 1. The molecule has 1 aromatic heterocycles. The van der Waals surface area contributed by atoms with Crippen LogP contribution in [0.2, 0.25) is 0 Å². The monoisotopic (exact) mass is 582 g/mol. The van der Waals surface area contributed by atoms with Crippen LogP contribution in [0.4, 0.5) is 15.3 Å². The number of unbranched alkanes of at least 4 members (excludes halogenated alkanes) is 1. The number of hydrogen-bond donors (Lipinski definition) is 2. The Bertz CT molecular complexity index is 1540. The van der Waals surface area contributed by atoms with Gasteiger partial charge in [-0.25, -0.2) is 14.6 Å². The van der Waals surface area contributed by atoms with Crippen LogP contribution in [0.15, 0.2) is 66.7 Å². The molecule has 2 N–H and O–H groups in total. The molecular weight excluding hydrogens is 540 g/mol. The Hall–Kier alpha value is -4.33. The molecule has 0 radical (unpaired) electrons. The van der Waals surface area contributed by atoms with Crippen LogP contribution in [0, 0.1) is 0 Å². The lowest BCUT2D eigenvalue weighted by Gasteiger charge is -2.28. The number of ether oxygens (including phenoxy) is 1. The maximum atomic E-state index is 13.4. The van der Waals surface area contributed by atoms with Gasteiger partial charge in [-0.15, -0.1) is 0 Å². The maximum Gasteiger partial charge on any atom is 0.511 e. The average molecular weight is 583 g/mol. The highest BCUT2D eigenvalue weighted by Crippen LogP contribution is 2.31. The number of para-hydroxylation sites is 1. The number of benzene rings is 3. The lowest BCUT2D eigenvalue weighted by atomic mass is 9.96. The van der Waals surface area contributed by atoms with Gasteiger partial charge in [0.25, 0.3) is 0 Å². The number of carbonyl (C=O) groups excluding carboxylic acids is 1. The minimum atomic E-state index is -1.33. The maximum absolute atomic E-state index is 13.4. The fourth-order valence-corrected chi connectivity index (χ4v) is 5.96. The molecule has 226 valence electrons. The van der Waals surface area contributed by atoms with Crippen LogP contribution in [0.25, 0.3) is 22.2 Å². The standard InChI is InChI=1S/C35H42N4O4/c1-3-5-15-33-37-30-21-20-28(38(22-4-2)34(40)36-27-11-7-6-8-12-27)23-31(30)39(33)24-25-16-18-26(19-17-25)29-13-9-10-14-32(29)43-35(41)42/h9-10,13-14,16-21,23,27H,3-8,11-12,15,22,24H2,1-2H3,(H,36,40)(H,41,42). The first-order valence-electron chi connectivity index (χ1n) is 15.6. The summed E-state index contributed by atoms with van der Waals surface area (Å²) in [5.74, 6) is 1.34. The lowest BCUT2D eigenvalue weighted by Crippen LogP contribution is -2.46. The highest BCUT2D eigenvalue weighted by Gasteiger charge is 2.22. The second-order valence-electron chi connectivity index (χ2n) is 11.4. The highest BCUT2D eigenvalue weighted by molar-refractivity contribution is 5.94. The van der Waals surface area contributed by atoms with E-state index < -0.39 is 6.16 Å². The molecule has 1 aliphatic carbocycles. The summed E-state index contributed by atoms with van der Waals surface area (Å²) < 4.78 is 7.27. The van der Waals surface area contributed by atoms with Crippen molar-refractivity contribution in [3.8, 4) is 16.9 Å². The summed E-state index contributed by atoms with van der Waals surface area (Å²) >= 11 is 0. The number of anilines is 1. The molecule has 1 fully saturated rings. The summed E-state index contributed by atoms with van der Waals surface area (Å²) in [7, 11) is 0. The quantitative estimate of drug-likeness (QED) is 0.137.